The maximum absolute atomic E-state index is 12.5. The van der Waals surface area contributed by atoms with Crippen LogP contribution in [0.1, 0.15) is 24.6 Å². The number of hydrogen-bond acceptors (Lipinski definition) is 6. The summed E-state index contributed by atoms with van der Waals surface area (Å²) in [5.74, 6) is -2.12. The van der Waals surface area contributed by atoms with E-state index in [0.717, 1.165) is 16.2 Å². The third-order valence-electron chi connectivity index (χ3n) is 3.12. The number of nitrogens with one attached hydrogen (secondary N) is 1. The average molecular weight is 376 g/mol. The van der Waals surface area contributed by atoms with Gasteiger partial charge in [-0.25, -0.2) is 0 Å². The number of likely N-dealkylation sites (N-methyl/N-ethyl adjacent to an activating group) is 1. The van der Waals surface area contributed by atoms with E-state index in [1.807, 2.05) is 0 Å². The van der Waals surface area contributed by atoms with Gasteiger partial charge in [-0.1, -0.05) is 5.16 Å². The largest absolute Gasteiger partial charge is 0.471 e. The van der Waals surface area contributed by atoms with E-state index in [1.54, 1.807) is 19.1 Å². The van der Waals surface area contributed by atoms with Crippen molar-refractivity contribution in [2.45, 2.75) is 26.6 Å². The van der Waals surface area contributed by atoms with E-state index in [0.29, 0.717) is 11.4 Å². The van der Waals surface area contributed by atoms with Crippen molar-refractivity contribution in [1.82, 2.24) is 20.4 Å². The molecule has 2 amide bonds. The molecule has 11 heteroatoms. The summed E-state index contributed by atoms with van der Waals surface area (Å²) in [7, 11) is 0. The van der Waals surface area contributed by atoms with Gasteiger partial charge >= 0.3 is 12.1 Å². The quantitative estimate of drug-likeness (QED) is 0.836. The van der Waals surface area contributed by atoms with Crippen LogP contribution in [0.5, 0.6) is 0 Å². The van der Waals surface area contributed by atoms with Crippen molar-refractivity contribution in [2.75, 3.05) is 13.1 Å². The van der Waals surface area contributed by atoms with Crippen LogP contribution in [0.4, 0.5) is 13.2 Å². The Morgan fingerprint density at radius 3 is 2.64 bits per heavy atom. The molecule has 0 unspecified atom stereocenters. The second-order valence-electron chi connectivity index (χ2n) is 5.00. The number of halogens is 3. The van der Waals surface area contributed by atoms with Gasteiger partial charge in [0.1, 0.15) is 0 Å². The van der Waals surface area contributed by atoms with Crippen LogP contribution in [-0.4, -0.2) is 39.9 Å². The predicted octanol–water partition coefficient (Wildman–Crippen LogP) is 2.30. The van der Waals surface area contributed by atoms with Crippen molar-refractivity contribution in [3.8, 4) is 10.7 Å². The standard InChI is InChI=1S/C14H15F3N4O3S/c1-3-21(11(23)6-18-8(2)22)7-9-4-5-10(25-9)12-19-13(24-20-12)14(15,16)17/h4-5H,3,6-7H2,1-2H3,(H,18,22). The van der Waals surface area contributed by atoms with Gasteiger partial charge in [-0.3, -0.25) is 9.59 Å². The number of hydrogen-bond donors (Lipinski definition) is 1. The predicted molar refractivity (Wildman–Crippen MR) is 82.4 cm³/mol. The summed E-state index contributed by atoms with van der Waals surface area (Å²) in [4.78, 5) is 28.9. The molecule has 0 fully saturated rings. The second-order valence-corrected chi connectivity index (χ2v) is 6.17. The lowest BCUT2D eigenvalue weighted by Gasteiger charge is -2.20. The molecule has 0 aromatic carbocycles. The van der Waals surface area contributed by atoms with E-state index < -0.39 is 12.1 Å². The fourth-order valence-corrected chi connectivity index (χ4v) is 2.85. The van der Waals surface area contributed by atoms with Crippen LogP contribution >= 0.6 is 11.3 Å². The summed E-state index contributed by atoms with van der Waals surface area (Å²) in [6, 6.07) is 3.25. The number of nitrogens with zero attached hydrogens (tertiary/aromatic N) is 3. The van der Waals surface area contributed by atoms with E-state index >= 15 is 0 Å². The maximum Gasteiger partial charge on any atom is 0.471 e. The van der Waals surface area contributed by atoms with E-state index in [1.165, 1.54) is 11.8 Å². The van der Waals surface area contributed by atoms with Crippen LogP contribution in [0.15, 0.2) is 16.7 Å². The highest BCUT2D eigenvalue weighted by atomic mass is 32.1. The first-order valence-corrected chi connectivity index (χ1v) is 8.04. The van der Waals surface area contributed by atoms with Gasteiger partial charge in [0, 0.05) is 18.3 Å². The first-order valence-electron chi connectivity index (χ1n) is 7.23. The van der Waals surface area contributed by atoms with Crippen LogP contribution in [0.2, 0.25) is 0 Å². The van der Waals surface area contributed by atoms with Crippen molar-refractivity contribution >= 4 is 23.2 Å². The Labute approximate surface area is 144 Å². The van der Waals surface area contributed by atoms with Gasteiger partial charge in [0.2, 0.25) is 17.6 Å². The third kappa shape index (κ3) is 5.02. The highest BCUT2D eigenvalue weighted by Gasteiger charge is 2.38. The molecule has 2 rings (SSSR count). The summed E-state index contributed by atoms with van der Waals surface area (Å²) in [6.45, 7) is 3.68. The molecular formula is C14H15F3N4O3S. The number of carbonyl (C=O) groups is 2. The van der Waals surface area contributed by atoms with Gasteiger partial charge in [0.25, 0.3) is 0 Å². The Balaban J connectivity index is 2.06. The molecule has 0 bridgehead atoms. The fourth-order valence-electron chi connectivity index (χ4n) is 1.90. The van der Waals surface area contributed by atoms with Crippen molar-refractivity contribution in [1.29, 1.82) is 0 Å². The molecule has 0 radical (unpaired) electrons. The zero-order valence-electron chi connectivity index (χ0n) is 13.4. The molecule has 136 valence electrons. The molecule has 2 heterocycles. The number of amides is 2. The SMILES string of the molecule is CCN(Cc1ccc(-c2noc(C(F)(F)F)n2)s1)C(=O)CNC(C)=O. The molecule has 0 atom stereocenters. The number of thiophene rings is 1. The number of carbonyl (C=O) groups excluding carboxylic acids is 2. The molecule has 0 aliphatic carbocycles. The molecule has 0 aliphatic heterocycles. The monoisotopic (exact) mass is 376 g/mol. The first-order chi connectivity index (χ1) is 11.7. The number of rotatable bonds is 6. The zero-order valence-corrected chi connectivity index (χ0v) is 14.2. The topological polar surface area (TPSA) is 88.3 Å². The van der Waals surface area contributed by atoms with Gasteiger partial charge < -0.3 is 14.7 Å². The number of aromatic nitrogens is 2. The summed E-state index contributed by atoms with van der Waals surface area (Å²) < 4.78 is 41.7. The van der Waals surface area contributed by atoms with Gasteiger partial charge in [0.15, 0.2) is 0 Å². The molecule has 0 spiro atoms. The van der Waals surface area contributed by atoms with Crippen LogP contribution in [-0.2, 0) is 22.3 Å². The van der Waals surface area contributed by atoms with E-state index in [4.69, 9.17) is 0 Å². The van der Waals surface area contributed by atoms with Gasteiger partial charge in [-0.15, -0.1) is 11.3 Å². The van der Waals surface area contributed by atoms with Crippen molar-refractivity contribution in [2.24, 2.45) is 0 Å². The normalized spacial score (nSPS) is 11.4. The third-order valence-corrected chi connectivity index (χ3v) is 4.19. The van der Waals surface area contributed by atoms with Crippen LogP contribution < -0.4 is 5.32 Å². The van der Waals surface area contributed by atoms with Crippen molar-refractivity contribution in [3.63, 3.8) is 0 Å². The Bertz CT molecular complexity index is 757. The Hall–Kier alpha value is -2.43. The number of alkyl halides is 3. The lowest BCUT2D eigenvalue weighted by atomic mass is 10.3. The second kappa shape index (κ2) is 7.64. The molecule has 7 nitrogen and oxygen atoms in total. The molecule has 0 aliphatic rings. The van der Waals surface area contributed by atoms with Crippen molar-refractivity contribution < 1.29 is 27.3 Å². The Morgan fingerprint density at radius 1 is 1.36 bits per heavy atom. The minimum Gasteiger partial charge on any atom is -0.347 e. The highest BCUT2D eigenvalue weighted by molar-refractivity contribution is 7.15. The van der Waals surface area contributed by atoms with Crippen molar-refractivity contribution in [3.05, 3.63) is 22.9 Å². The van der Waals surface area contributed by atoms with E-state index in [-0.39, 0.29) is 30.7 Å². The summed E-state index contributed by atoms with van der Waals surface area (Å²) >= 11 is 1.16. The van der Waals surface area contributed by atoms with Crippen LogP contribution in [0.25, 0.3) is 10.7 Å². The van der Waals surface area contributed by atoms with Gasteiger partial charge in [-0.05, 0) is 19.1 Å². The maximum atomic E-state index is 12.5. The Kier molecular flexibility index (Phi) is 5.77. The van der Waals surface area contributed by atoms with E-state index in [2.05, 4.69) is 20.0 Å². The Morgan fingerprint density at radius 2 is 2.08 bits per heavy atom. The van der Waals surface area contributed by atoms with Crippen LogP contribution in [0, 0.1) is 0 Å². The molecular weight excluding hydrogens is 361 g/mol. The van der Waals surface area contributed by atoms with Crippen LogP contribution in [0.3, 0.4) is 0 Å². The van der Waals surface area contributed by atoms with Gasteiger partial charge in [-0.2, -0.15) is 18.2 Å². The molecule has 0 saturated heterocycles. The smallest absolute Gasteiger partial charge is 0.347 e. The molecule has 2 aromatic rings. The summed E-state index contributed by atoms with van der Waals surface area (Å²) in [5.41, 5.74) is 0. The average Bonchev–Trinajstić information content (AvgIpc) is 3.18. The molecule has 1 N–H and O–H groups in total. The van der Waals surface area contributed by atoms with E-state index in [9.17, 15) is 22.8 Å². The minimum atomic E-state index is -4.69. The molecule has 2 aromatic heterocycles. The lowest BCUT2D eigenvalue weighted by molar-refractivity contribution is -0.159. The summed E-state index contributed by atoms with van der Waals surface area (Å²) in [5, 5.41) is 5.75. The first kappa shape index (κ1) is 18.9. The minimum absolute atomic E-state index is 0.110. The zero-order chi connectivity index (χ0) is 18.6. The highest BCUT2D eigenvalue weighted by Crippen LogP contribution is 2.32. The lowest BCUT2D eigenvalue weighted by Crippen LogP contribution is -2.38. The van der Waals surface area contributed by atoms with Gasteiger partial charge in [0.05, 0.1) is 18.0 Å². The molecule has 25 heavy (non-hydrogen) atoms. The molecule has 0 saturated carbocycles. The summed E-state index contributed by atoms with van der Waals surface area (Å²) in [6.07, 6.45) is -4.69. The fraction of sp³-hybridized carbons (Fsp3) is 0.429.